The van der Waals surface area contributed by atoms with Crippen molar-refractivity contribution < 1.29 is 5.11 Å². The summed E-state index contributed by atoms with van der Waals surface area (Å²) in [6, 6.07) is 0. The highest BCUT2D eigenvalue weighted by molar-refractivity contribution is 5.84. The van der Waals surface area contributed by atoms with Crippen molar-refractivity contribution >= 4 is 11.9 Å². The first-order valence-corrected chi connectivity index (χ1v) is 6.29. The predicted octanol–water partition coefficient (Wildman–Crippen LogP) is -0.109. The van der Waals surface area contributed by atoms with E-state index in [0.29, 0.717) is 11.4 Å². The molecule has 8 heteroatoms. The molecule has 0 atom stereocenters. The zero-order valence-corrected chi connectivity index (χ0v) is 12.6. The molecule has 2 rings (SSSR count). The van der Waals surface area contributed by atoms with E-state index in [1.54, 1.807) is 18.7 Å². The highest BCUT2D eigenvalue weighted by atomic mass is 16.3. The smallest absolute Gasteiger partial charge is 0.333 e. The number of nitrogens with zero attached hydrogens (tertiary/aromatic N) is 5. The Balaban J connectivity index is 2.62. The van der Waals surface area contributed by atoms with Crippen molar-refractivity contribution in [2.45, 2.75) is 13.8 Å². The van der Waals surface area contributed by atoms with Gasteiger partial charge in [0.1, 0.15) is 11.3 Å². The number of aromatic nitrogens is 4. The molecule has 0 radical (unpaired) electrons. The summed E-state index contributed by atoms with van der Waals surface area (Å²) in [4.78, 5) is 27.9. The van der Waals surface area contributed by atoms with Crippen LogP contribution in [-0.2, 0) is 21.1 Å². The van der Waals surface area contributed by atoms with Crippen LogP contribution in [0.15, 0.2) is 14.6 Å². The van der Waals surface area contributed by atoms with E-state index in [2.05, 4.69) is 10.1 Å². The van der Waals surface area contributed by atoms with E-state index in [4.69, 9.17) is 0 Å². The number of aliphatic imine (C=N–C) groups is 1. The molecular formula is C13H17N5O3. The van der Waals surface area contributed by atoms with E-state index in [9.17, 15) is 14.7 Å². The zero-order chi connectivity index (χ0) is 15.9. The van der Waals surface area contributed by atoms with E-state index >= 15 is 0 Å². The number of aromatic hydroxyl groups is 1. The van der Waals surface area contributed by atoms with E-state index < -0.39 is 17.1 Å². The van der Waals surface area contributed by atoms with Crippen LogP contribution in [0.3, 0.4) is 0 Å². The SMILES string of the molecule is Cc1nn(C)c(C)c1N=Cc1c(O)n(C)c(=O)n(C)c1=O. The molecule has 0 saturated heterocycles. The lowest BCUT2D eigenvalue weighted by Crippen LogP contribution is -2.38. The summed E-state index contributed by atoms with van der Waals surface area (Å²) in [7, 11) is 4.53. The molecule has 2 heterocycles. The van der Waals surface area contributed by atoms with Crippen molar-refractivity contribution in [2.75, 3.05) is 0 Å². The van der Waals surface area contributed by atoms with Gasteiger partial charge < -0.3 is 5.11 Å². The van der Waals surface area contributed by atoms with Crippen LogP contribution in [0, 0.1) is 13.8 Å². The van der Waals surface area contributed by atoms with Crippen LogP contribution in [0.5, 0.6) is 5.88 Å². The average Bonchev–Trinajstić information content (AvgIpc) is 2.69. The van der Waals surface area contributed by atoms with Crippen LogP contribution < -0.4 is 11.2 Å². The van der Waals surface area contributed by atoms with Crippen molar-refractivity contribution in [2.24, 2.45) is 26.1 Å². The Morgan fingerprint density at radius 3 is 2.29 bits per heavy atom. The van der Waals surface area contributed by atoms with Crippen molar-refractivity contribution in [3.63, 3.8) is 0 Å². The summed E-state index contributed by atoms with van der Waals surface area (Å²) < 4.78 is 3.59. The molecule has 112 valence electrons. The predicted molar refractivity (Wildman–Crippen MR) is 78.5 cm³/mol. The Labute approximate surface area is 120 Å². The van der Waals surface area contributed by atoms with Crippen LogP contribution in [0.25, 0.3) is 0 Å². The largest absolute Gasteiger partial charge is 0.494 e. The first kappa shape index (κ1) is 14.8. The summed E-state index contributed by atoms with van der Waals surface area (Å²) in [6.07, 6.45) is 1.26. The molecule has 0 unspecified atom stereocenters. The van der Waals surface area contributed by atoms with Gasteiger partial charge in [-0.25, -0.2) is 4.79 Å². The van der Waals surface area contributed by atoms with Gasteiger partial charge in [-0.1, -0.05) is 0 Å². The summed E-state index contributed by atoms with van der Waals surface area (Å²) in [5.41, 5.74) is 0.953. The summed E-state index contributed by atoms with van der Waals surface area (Å²) in [5, 5.41) is 14.2. The lowest BCUT2D eigenvalue weighted by molar-refractivity contribution is 0.410. The fraction of sp³-hybridized carbons (Fsp3) is 0.385. The maximum atomic E-state index is 12.0. The molecule has 0 spiro atoms. The summed E-state index contributed by atoms with van der Waals surface area (Å²) in [5.74, 6) is -0.411. The molecule has 1 N–H and O–H groups in total. The lowest BCUT2D eigenvalue weighted by Gasteiger charge is -2.07. The maximum Gasteiger partial charge on any atom is 0.333 e. The van der Waals surface area contributed by atoms with Crippen LogP contribution in [0.4, 0.5) is 5.69 Å². The average molecular weight is 291 g/mol. The van der Waals surface area contributed by atoms with Crippen LogP contribution in [0.1, 0.15) is 17.0 Å². The summed E-state index contributed by atoms with van der Waals surface area (Å²) >= 11 is 0. The molecule has 0 aromatic carbocycles. The number of hydrogen-bond acceptors (Lipinski definition) is 5. The second-order valence-corrected chi connectivity index (χ2v) is 4.84. The third-order valence-corrected chi connectivity index (χ3v) is 3.46. The fourth-order valence-electron chi connectivity index (χ4n) is 2.05. The van der Waals surface area contributed by atoms with Crippen LogP contribution >= 0.6 is 0 Å². The number of aryl methyl sites for hydroxylation is 2. The van der Waals surface area contributed by atoms with E-state index in [1.807, 2.05) is 6.92 Å². The van der Waals surface area contributed by atoms with Crippen LogP contribution in [0.2, 0.25) is 0 Å². The molecule has 2 aromatic heterocycles. The molecular weight excluding hydrogens is 274 g/mol. The number of hydrogen-bond donors (Lipinski definition) is 1. The van der Waals surface area contributed by atoms with E-state index in [1.165, 1.54) is 20.3 Å². The summed E-state index contributed by atoms with van der Waals surface area (Å²) in [6.45, 7) is 3.66. The van der Waals surface area contributed by atoms with Gasteiger partial charge in [0.25, 0.3) is 5.56 Å². The normalized spacial score (nSPS) is 11.5. The van der Waals surface area contributed by atoms with Crippen molar-refractivity contribution in [3.05, 3.63) is 37.8 Å². The molecule has 0 amide bonds. The number of rotatable bonds is 2. The van der Waals surface area contributed by atoms with E-state index in [-0.39, 0.29) is 5.56 Å². The molecule has 21 heavy (non-hydrogen) atoms. The quantitative estimate of drug-likeness (QED) is 0.781. The van der Waals surface area contributed by atoms with Gasteiger partial charge in [0, 0.05) is 27.4 Å². The van der Waals surface area contributed by atoms with Gasteiger partial charge in [-0.05, 0) is 13.8 Å². The molecule has 0 bridgehead atoms. The molecule has 0 fully saturated rings. The Bertz CT molecular complexity index is 854. The molecule has 0 aliphatic heterocycles. The van der Waals surface area contributed by atoms with Gasteiger partial charge >= 0.3 is 5.69 Å². The Morgan fingerprint density at radius 2 is 1.76 bits per heavy atom. The van der Waals surface area contributed by atoms with Crippen molar-refractivity contribution in [1.82, 2.24) is 18.9 Å². The maximum absolute atomic E-state index is 12.0. The second kappa shape index (κ2) is 5.04. The minimum Gasteiger partial charge on any atom is -0.494 e. The van der Waals surface area contributed by atoms with Gasteiger partial charge in [0.05, 0.1) is 11.4 Å². The zero-order valence-electron chi connectivity index (χ0n) is 12.6. The molecule has 0 saturated carbocycles. The third-order valence-electron chi connectivity index (χ3n) is 3.46. The minimum atomic E-state index is -0.599. The molecule has 0 aliphatic carbocycles. The lowest BCUT2D eigenvalue weighted by atomic mass is 10.3. The van der Waals surface area contributed by atoms with Gasteiger partial charge in [0.15, 0.2) is 0 Å². The second-order valence-electron chi connectivity index (χ2n) is 4.84. The fourth-order valence-corrected chi connectivity index (χ4v) is 2.05. The highest BCUT2D eigenvalue weighted by Gasteiger charge is 2.14. The van der Waals surface area contributed by atoms with Crippen molar-refractivity contribution in [1.29, 1.82) is 0 Å². The topological polar surface area (TPSA) is 94.4 Å². The Hall–Kier alpha value is -2.64. The third kappa shape index (κ3) is 2.28. The molecule has 2 aromatic rings. The molecule has 0 aliphatic rings. The van der Waals surface area contributed by atoms with Gasteiger partial charge in [-0.15, -0.1) is 0 Å². The Kier molecular flexibility index (Phi) is 3.54. The first-order valence-electron chi connectivity index (χ1n) is 6.29. The standard InChI is InChI=1S/C13H17N5O3/c1-7-10(8(2)18(5)15-7)14-6-9-11(19)16(3)13(21)17(4)12(9)20/h6,19H,1-5H3. The first-order chi connectivity index (χ1) is 9.75. The Morgan fingerprint density at radius 1 is 1.14 bits per heavy atom. The molecule has 8 nitrogen and oxygen atoms in total. The highest BCUT2D eigenvalue weighted by Crippen LogP contribution is 2.22. The monoisotopic (exact) mass is 291 g/mol. The van der Waals surface area contributed by atoms with Crippen LogP contribution in [-0.4, -0.2) is 30.2 Å². The van der Waals surface area contributed by atoms with Gasteiger partial charge in [0.2, 0.25) is 5.88 Å². The van der Waals surface area contributed by atoms with Gasteiger partial charge in [-0.2, -0.15) is 5.10 Å². The van der Waals surface area contributed by atoms with Crippen molar-refractivity contribution in [3.8, 4) is 5.88 Å². The minimum absolute atomic E-state index is 0.0396. The van der Waals surface area contributed by atoms with Gasteiger partial charge in [-0.3, -0.25) is 23.6 Å². The van der Waals surface area contributed by atoms with E-state index in [0.717, 1.165) is 14.8 Å².